The summed E-state index contributed by atoms with van der Waals surface area (Å²) in [6.45, 7) is 1.37. The van der Waals surface area contributed by atoms with E-state index < -0.39 is 41.3 Å². The Hall–Kier alpha value is -3.67. The summed E-state index contributed by atoms with van der Waals surface area (Å²) >= 11 is 0. The summed E-state index contributed by atoms with van der Waals surface area (Å²) in [6, 6.07) is 15.1. The number of benzene rings is 2. The van der Waals surface area contributed by atoms with Gasteiger partial charge >= 0.3 is 12.1 Å². The van der Waals surface area contributed by atoms with E-state index in [4.69, 9.17) is 0 Å². The molecule has 0 radical (unpaired) electrons. The molecule has 212 valence electrons. The number of carbonyl (C=O) groups excluding carboxylic acids is 1. The number of aromatic carboxylic acids is 1. The van der Waals surface area contributed by atoms with Gasteiger partial charge in [-0.15, -0.1) is 0 Å². The Morgan fingerprint density at radius 1 is 1.07 bits per heavy atom. The molecular formula is C29H31F3N4O4. The lowest BCUT2D eigenvalue weighted by Gasteiger charge is -2.28. The molecule has 1 saturated carbocycles. The van der Waals surface area contributed by atoms with Gasteiger partial charge in [0.2, 0.25) is 0 Å². The van der Waals surface area contributed by atoms with Gasteiger partial charge in [-0.25, -0.2) is 4.79 Å². The molecule has 0 unspecified atom stereocenters. The zero-order chi connectivity index (χ0) is 28.5. The Balaban J connectivity index is 1.34. The molecule has 1 amide bonds. The van der Waals surface area contributed by atoms with Gasteiger partial charge in [-0.2, -0.15) is 13.2 Å². The van der Waals surface area contributed by atoms with Crippen LogP contribution in [0.4, 0.5) is 13.2 Å². The van der Waals surface area contributed by atoms with Crippen molar-refractivity contribution >= 4 is 11.9 Å². The first-order valence-electron chi connectivity index (χ1n) is 13.2. The second kappa shape index (κ2) is 11.1. The number of hydrogen-bond acceptors (Lipinski definition) is 5. The number of rotatable bonds is 10. The number of aromatic nitrogens is 1. The number of carbonyl (C=O) groups is 2. The number of nitrogens with zero attached hydrogens (tertiary/aromatic N) is 1. The Morgan fingerprint density at radius 2 is 1.82 bits per heavy atom. The summed E-state index contributed by atoms with van der Waals surface area (Å²) in [5.41, 5.74) is 0.756. The molecule has 2 heterocycles. The number of aliphatic hydroxyl groups is 1. The molecule has 5 N–H and O–H groups in total. The zero-order valence-electron chi connectivity index (χ0n) is 21.7. The van der Waals surface area contributed by atoms with Crippen LogP contribution in [0.5, 0.6) is 0 Å². The van der Waals surface area contributed by atoms with Crippen molar-refractivity contribution in [2.75, 3.05) is 13.1 Å². The molecule has 0 saturated heterocycles. The molecule has 11 heteroatoms. The molecule has 3 aromatic rings. The largest absolute Gasteiger partial charge is 0.478 e. The Labute approximate surface area is 229 Å². The van der Waals surface area contributed by atoms with Gasteiger partial charge in [-0.3, -0.25) is 4.79 Å². The predicted molar refractivity (Wildman–Crippen MR) is 141 cm³/mol. The minimum atomic E-state index is -4.45. The maximum atomic E-state index is 13.4. The monoisotopic (exact) mass is 556 g/mol. The summed E-state index contributed by atoms with van der Waals surface area (Å²) in [5, 5.41) is 30.1. The normalized spacial score (nSPS) is 17.5. The highest BCUT2D eigenvalue weighted by molar-refractivity contribution is 5.98. The zero-order valence-corrected chi connectivity index (χ0v) is 21.7. The number of alkyl halides is 3. The van der Waals surface area contributed by atoms with E-state index in [2.05, 4.69) is 16.0 Å². The average Bonchev–Trinajstić information content (AvgIpc) is 3.63. The van der Waals surface area contributed by atoms with Gasteiger partial charge in [-0.1, -0.05) is 42.5 Å². The Kier molecular flexibility index (Phi) is 7.72. The van der Waals surface area contributed by atoms with Crippen molar-refractivity contribution in [3.63, 3.8) is 0 Å². The molecule has 1 fully saturated rings. The molecule has 2 aromatic carbocycles. The number of carboxylic acid groups (broad SMARTS) is 1. The SMILES string of the molecule is O=C(O)c1cc(C(=O)N[C@@H](Cc2ccccc2)[C@H](O)CNC2(c3cccc(C(F)(F)F)c3)CC2)n2c1CNCC2. The second-order valence-corrected chi connectivity index (χ2v) is 10.4. The number of carboxylic acids is 1. The first-order valence-corrected chi connectivity index (χ1v) is 13.2. The fourth-order valence-corrected chi connectivity index (χ4v) is 5.33. The van der Waals surface area contributed by atoms with Crippen LogP contribution in [0, 0.1) is 0 Å². The van der Waals surface area contributed by atoms with Crippen LogP contribution in [-0.2, 0) is 31.2 Å². The molecule has 2 aliphatic rings. The molecule has 0 bridgehead atoms. The highest BCUT2D eigenvalue weighted by Gasteiger charge is 2.45. The van der Waals surface area contributed by atoms with E-state index in [0.717, 1.165) is 17.7 Å². The lowest BCUT2D eigenvalue weighted by Crippen LogP contribution is -2.50. The molecule has 0 spiro atoms. The van der Waals surface area contributed by atoms with Crippen LogP contribution in [-0.4, -0.2) is 51.9 Å². The topological polar surface area (TPSA) is 116 Å². The van der Waals surface area contributed by atoms with Crippen LogP contribution in [0.1, 0.15) is 56.1 Å². The van der Waals surface area contributed by atoms with Crippen molar-refractivity contribution in [3.8, 4) is 0 Å². The van der Waals surface area contributed by atoms with E-state index in [1.165, 1.54) is 12.1 Å². The van der Waals surface area contributed by atoms with Crippen molar-refractivity contribution < 1.29 is 33.0 Å². The first-order chi connectivity index (χ1) is 19.1. The number of fused-ring (bicyclic) bond motifs is 1. The quantitative estimate of drug-likeness (QED) is 0.262. The number of halogens is 3. The molecule has 2 atom stereocenters. The molecule has 1 aliphatic carbocycles. The van der Waals surface area contributed by atoms with E-state index in [1.807, 2.05) is 30.3 Å². The van der Waals surface area contributed by atoms with Crippen molar-refractivity contribution in [3.05, 3.63) is 94.3 Å². The lowest BCUT2D eigenvalue weighted by atomic mass is 9.98. The standard InChI is InChI=1S/C29H31F3N4O4/c30-29(31,32)20-8-4-7-19(14-20)28(9-10-28)34-17-25(37)22(13-18-5-2-1-3-6-18)35-26(38)23-15-21(27(39)40)24-16-33-11-12-36(23)24/h1-8,14-15,22,25,33-34,37H,9-13,16-17H2,(H,35,38)(H,39,40)/t22-,25+/m0/s1. The van der Waals surface area contributed by atoms with Gasteiger partial charge in [0.25, 0.3) is 5.91 Å². The smallest absolute Gasteiger partial charge is 0.416 e. The Bertz CT molecular complexity index is 1390. The minimum Gasteiger partial charge on any atom is -0.478 e. The molecule has 8 nitrogen and oxygen atoms in total. The number of aliphatic hydroxyl groups excluding tert-OH is 1. The van der Waals surface area contributed by atoms with E-state index in [0.29, 0.717) is 50.2 Å². The average molecular weight is 557 g/mol. The summed E-state index contributed by atoms with van der Waals surface area (Å²) in [5.74, 6) is -1.63. The molecule has 40 heavy (non-hydrogen) atoms. The first kappa shape index (κ1) is 27.9. The predicted octanol–water partition coefficient (Wildman–Crippen LogP) is 3.29. The third-order valence-electron chi connectivity index (χ3n) is 7.70. The van der Waals surface area contributed by atoms with Crippen LogP contribution >= 0.6 is 0 Å². The number of nitrogens with one attached hydrogen (secondary N) is 3. The van der Waals surface area contributed by atoms with Crippen LogP contribution in [0.25, 0.3) is 0 Å². The molecule has 5 rings (SSSR count). The Morgan fingerprint density at radius 3 is 2.50 bits per heavy atom. The van der Waals surface area contributed by atoms with Crippen LogP contribution in [0.3, 0.4) is 0 Å². The van der Waals surface area contributed by atoms with E-state index >= 15 is 0 Å². The summed E-state index contributed by atoms with van der Waals surface area (Å²) in [6.07, 6.45) is -3.99. The second-order valence-electron chi connectivity index (χ2n) is 10.4. The minimum absolute atomic E-state index is 0.0323. The maximum Gasteiger partial charge on any atom is 0.416 e. The fourth-order valence-electron chi connectivity index (χ4n) is 5.33. The van der Waals surface area contributed by atoms with E-state index in [9.17, 15) is 33.0 Å². The van der Waals surface area contributed by atoms with Gasteiger partial charge in [0, 0.05) is 37.4 Å². The molecular weight excluding hydrogens is 525 g/mol. The molecule has 1 aromatic heterocycles. The van der Waals surface area contributed by atoms with Gasteiger partial charge in [0.05, 0.1) is 23.3 Å². The van der Waals surface area contributed by atoms with Gasteiger partial charge in [0.1, 0.15) is 5.69 Å². The number of hydrogen-bond donors (Lipinski definition) is 5. The highest BCUT2D eigenvalue weighted by atomic mass is 19.4. The van der Waals surface area contributed by atoms with Crippen LogP contribution in [0.2, 0.25) is 0 Å². The van der Waals surface area contributed by atoms with Crippen molar-refractivity contribution in [2.24, 2.45) is 0 Å². The van der Waals surface area contributed by atoms with Gasteiger partial charge in [0.15, 0.2) is 0 Å². The van der Waals surface area contributed by atoms with Crippen molar-refractivity contribution in [1.29, 1.82) is 0 Å². The van der Waals surface area contributed by atoms with Gasteiger partial charge in [-0.05, 0) is 48.6 Å². The maximum absolute atomic E-state index is 13.4. The van der Waals surface area contributed by atoms with Crippen LogP contribution in [0.15, 0.2) is 60.7 Å². The highest BCUT2D eigenvalue weighted by Crippen LogP contribution is 2.46. The van der Waals surface area contributed by atoms with E-state index in [1.54, 1.807) is 10.6 Å². The molecule has 1 aliphatic heterocycles. The van der Waals surface area contributed by atoms with Crippen molar-refractivity contribution in [1.82, 2.24) is 20.5 Å². The summed E-state index contributed by atoms with van der Waals surface area (Å²) in [7, 11) is 0. The third-order valence-corrected chi connectivity index (χ3v) is 7.70. The summed E-state index contributed by atoms with van der Waals surface area (Å²) < 4.78 is 41.5. The lowest BCUT2D eigenvalue weighted by molar-refractivity contribution is -0.137. The van der Waals surface area contributed by atoms with Crippen molar-refractivity contribution in [2.45, 2.75) is 56.2 Å². The van der Waals surface area contributed by atoms with E-state index in [-0.39, 0.29) is 17.8 Å². The number of amides is 1. The van der Waals surface area contributed by atoms with Gasteiger partial charge < -0.3 is 30.7 Å². The third kappa shape index (κ3) is 5.91. The fraction of sp³-hybridized carbons (Fsp3) is 0.379. The summed E-state index contributed by atoms with van der Waals surface area (Å²) in [4.78, 5) is 25.2. The van der Waals surface area contributed by atoms with Crippen LogP contribution < -0.4 is 16.0 Å².